The van der Waals surface area contributed by atoms with E-state index in [1.54, 1.807) is 12.4 Å². The van der Waals surface area contributed by atoms with Crippen LogP contribution in [0.25, 0.3) is 0 Å². The molecular formula is C23H35N5O2. The number of carbonyl (C=O) groups is 2. The molecule has 0 spiro atoms. The molecule has 4 heterocycles. The molecule has 4 rings (SSSR count). The standard InChI is InChI=1S/C23H35N5O2/c29-22(18-26-10-1-2-11-26)27-13-7-21(8-14-27)28-12-4-6-20(17-28)23(30)25-16-19-5-3-9-24-15-19/h3,5,9,15,20-21H,1-2,4,6-8,10-14,16-18H2,(H,25,30)/t20-/m0/s1. The summed E-state index contributed by atoms with van der Waals surface area (Å²) >= 11 is 0. The molecule has 1 aromatic heterocycles. The minimum Gasteiger partial charge on any atom is -0.352 e. The molecule has 164 valence electrons. The molecule has 1 aromatic rings. The molecule has 30 heavy (non-hydrogen) atoms. The van der Waals surface area contributed by atoms with E-state index in [0.29, 0.717) is 25.0 Å². The summed E-state index contributed by atoms with van der Waals surface area (Å²) in [5.41, 5.74) is 1.03. The largest absolute Gasteiger partial charge is 0.352 e. The van der Waals surface area contributed by atoms with Gasteiger partial charge in [0, 0.05) is 44.6 Å². The fourth-order valence-corrected chi connectivity index (χ4v) is 5.10. The minimum atomic E-state index is 0.0604. The van der Waals surface area contributed by atoms with Gasteiger partial charge in [0.05, 0.1) is 12.5 Å². The molecule has 3 saturated heterocycles. The lowest BCUT2D eigenvalue weighted by atomic mass is 9.93. The summed E-state index contributed by atoms with van der Waals surface area (Å²) in [6.45, 7) is 6.89. The van der Waals surface area contributed by atoms with Gasteiger partial charge in [-0.2, -0.15) is 0 Å². The molecule has 0 aromatic carbocycles. The number of hydrogen-bond donors (Lipinski definition) is 1. The van der Waals surface area contributed by atoms with Crippen LogP contribution in [0.4, 0.5) is 0 Å². The Morgan fingerprint density at radius 1 is 1.03 bits per heavy atom. The Labute approximate surface area is 179 Å². The van der Waals surface area contributed by atoms with Crippen LogP contribution in [-0.4, -0.2) is 83.4 Å². The van der Waals surface area contributed by atoms with Gasteiger partial charge in [-0.15, -0.1) is 0 Å². The molecule has 0 unspecified atom stereocenters. The second kappa shape index (κ2) is 10.4. The maximum atomic E-state index is 12.7. The third-order valence-corrected chi connectivity index (χ3v) is 6.90. The third kappa shape index (κ3) is 5.58. The lowest BCUT2D eigenvalue weighted by Gasteiger charge is -2.42. The Hall–Kier alpha value is -1.99. The zero-order valence-corrected chi connectivity index (χ0v) is 18.0. The molecule has 7 nitrogen and oxygen atoms in total. The van der Waals surface area contributed by atoms with Gasteiger partial charge in [0.1, 0.15) is 0 Å². The van der Waals surface area contributed by atoms with Crippen molar-refractivity contribution in [1.29, 1.82) is 0 Å². The van der Waals surface area contributed by atoms with Gasteiger partial charge in [-0.1, -0.05) is 6.07 Å². The van der Waals surface area contributed by atoms with E-state index in [1.807, 2.05) is 12.1 Å². The highest BCUT2D eigenvalue weighted by Gasteiger charge is 2.32. The Kier molecular flexibility index (Phi) is 7.33. The summed E-state index contributed by atoms with van der Waals surface area (Å²) in [4.78, 5) is 36.2. The molecule has 0 bridgehead atoms. The van der Waals surface area contributed by atoms with Crippen molar-refractivity contribution < 1.29 is 9.59 Å². The summed E-state index contributed by atoms with van der Waals surface area (Å²) in [5, 5.41) is 3.09. The van der Waals surface area contributed by atoms with Crippen LogP contribution in [0.2, 0.25) is 0 Å². The molecule has 3 fully saturated rings. The van der Waals surface area contributed by atoms with E-state index in [0.717, 1.165) is 70.5 Å². The Bertz CT molecular complexity index is 699. The molecule has 1 atom stereocenters. The number of carbonyl (C=O) groups excluding carboxylic acids is 2. The van der Waals surface area contributed by atoms with Crippen molar-refractivity contribution in [2.24, 2.45) is 5.92 Å². The van der Waals surface area contributed by atoms with Crippen LogP contribution in [0.5, 0.6) is 0 Å². The first-order chi connectivity index (χ1) is 14.7. The van der Waals surface area contributed by atoms with Gasteiger partial charge in [-0.3, -0.25) is 24.4 Å². The Balaban J connectivity index is 1.21. The summed E-state index contributed by atoms with van der Waals surface area (Å²) in [7, 11) is 0. The van der Waals surface area contributed by atoms with Crippen molar-refractivity contribution in [1.82, 2.24) is 25.0 Å². The first-order valence-corrected chi connectivity index (χ1v) is 11.6. The zero-order valence-electron chi connectivity index (χ0n) is 18.0. The molecule has 2 amide bonds. The van der Waals surface area contributed by atoms with Crippen molar-refractivity contribution >= 4 is 11.8 Å². The third-order valence-electron chi connectivity index (χ3n) is 6.90. The Morgan fingerprint density at radius 3 is 2.57 bits per heavy atom. The van der Waals surface area contributed by atoms with E-state index in [4.69, 9.17) is 0 Å². The van der Waals surface area contributed by atoms with Gasteiger partial charge in [0.15, 0.2) is 0 Å². The number of rotatable bonds is 6. The Morgan fingerprint density at radius 2 is 1.83 bits per heavy atom. The highest BCUT2D eigenvalue weighted by molar-refractivity contribution is 5.79. The summed E-state index contributed by atoms with van der Waals surface area (Å²) in [6.07, 6.45) is 10.1. The minimum absolute atomic E-state index is 0.0604. The monoisotopic (exact) mass is 413 g/mol. The van der Waals surface area contributed by atoms with E-state index >= 15 is 0 Å². The highest BCUT2D eigenvalue weighted by Crippen LogP contribution is 2.24. The molecule has 1 N–H and O–H groups in total. The van der Waals surface area contributed by atoms with Gasteiger partial charge in [0.25, 0.3) is 0 Å². The van der Waals surface area contributed by atoms with Gasteiger partial charge in [-0.25, -0.2) is 0 Å². The molecule has 0 saturated carbocycles. The van der Waals surface area contributed by atoms with E-state index in [9.17, 15) is 9.59 Å². The number of aromatic nitrogens is 1. The van der Waals surface area contributed by atoms with Crippen molar-refractivity contribution in [3.8, 4) is 0 Å². The first-order valence-electron chi connectivity index (χ1n) is 11.6. The topological polar surface area (TPSA) is 68.8 Å². The predicted octanol–water partition coefficient (Wildman–Crippen LogP) is 1.50. The highest BCUT2D eigenvalue weighted by atomic mass is 16.2. The van der Waals surface area contributed by atoms with Gasteiger partial charge in [-0.05, 0) is 69.8 Å². The average Bonchev–Trinajstić information content (AvgIpc) is 3.31. The number of likely N-dealkylation sites (tertiary alicyclic amines) is 3. The van der Waals surface area contributed by atoms with Crippen LogP contribution in [0.1, 0.15) is 44.1 Å². The summed E-state index contributed by atoms with van der Waals surface area (Å²) in [5.74, 6) is 0.508. The van der Waals surface area contributed by atoms with Gasteiger partial charge in [0.2, 0.25) is 11.8 Å². The molecule has 0 radical (unpaired) electrons. The van der Waals surface area contributed by atoms with Crippen LogP contribution in [0.15, 0.2) is 24.5 Å². The number of hydrogen-bond acceptors (Lipinski definition) is 5. The van der Waals surface area contributed by atoms with Crippen molar-refractivity contribution in [2.75, 3.05) is 45.8 Å². The van der Waals surface area contributed by atoms with Crippen molar-refractivity contribution in [3.05, 3.63) is 30.1 Å². The number of nitrogens with one attached hydrogen (secondary N) is 1. The molecule has 7 heteroatoms. The van der Waals surface area contributed by atoms with E-state index < -0.39 is 0 Å². The van der Waals surface area contributed by atoms with Gasteiger partial charge < -0.3 is 10.2 Å². The molecular weight excluding hydrogens is 378 g/mol. The van der Waals surface area contributed by atoms with Crippen LogP contribution in [0, 0.1) is 5.92 Å². The summed E-state index contributed by atoms with van der Waals surface area (Å²) < 4.78 is 0. The van der Waals surface area contributed by atoms with Gasteiger partial charge >= 0.3 is 0 Å². The average molecular weight is 414 g/mol. The maximum Gasteiger partial charge on any atom is 0.236 e. The quantitative estimate of drug-likeness (QED) is 0.765. The van der Waals surface area contributed by atoms with E-state index in [1.165, 1.54) is 12.8 Å². The van der Waals surface area contributed by atoms with Crippen LogP contribution in [0.3, 0.4) is 0 Å². The number of amides is 2. The lowest BCUT2D eigenvalue weighted by Crippen LogP contribution is -2.52. The van der Waals surface area contributed by atoms with Crippen molar-refractivity contribution in [2.45, 2.75) is 51.1 Å². The molecule has 3 aliphatic heterocycles. The SMILES string of the molecule is O=C(NCc1cccnc1)[C@H]1CCCN(C2CCN(C(=O)CN3CCCC3)CC2)C1. The molecule has 3 aliphatic rings. The zero-order chi connectivity index (χ0) is 20.8. The smallest absolute Gasteiger partial charge is 0.236 e. The second-order valence-electron chi connectivity index (χ2n) is 9.01. The fourth-order valence-electron chi connectivity index (χ4n) is 5.10. The predicted molar refractivity (Wildman–Crippen MR) is 116 cm³/mol. The van der Waals surface area contributed by atoms with E-state index in [-0.39, 0.29) is 11.8 Å². The fraction of sp³-hybridized carbons (Fsp3) is 0.696. The van der Waals surface area contributed by atoms with Crippen LogP contribution in [-0.2, 0) is 16.1 Å². The molecule has 0 aliphatic carbocycles. The number of nitrogens with zero attached hydrogens (tertiary/aromatic N) is 4. The summed E-state index contributed by atoms with van der Waals surface area (Å²) in [6, 6.07) is 4.38. The van der Waals surface area contributed by atoms with E-state index in [2.05, 4.69) is 25.0 Å². The lowest BCUT2D eigenvalue weighted by molar-refractivity contribution is -0.133. The van der Waals surface area contributed by atoms with Crippen LogP contribution >= 0.6 is 0 Å². The number of pyridine rings is 1. The second-order valence-corrected chi connectivity index (χ2v) is 9.01. The van der Waals surface area contributed by atoms with Crippen molar-refractivity contribution in [3.63, 3.8) is 0 Å². The number of piperidine rings is 2. The maximum absolute atomic E-state index is 12.7. The normalized spacial score (nSPS) is 24.1. The van der Waals surface area contributed by atoms with Crippen LogP contribution < -0.4 is 5.32 Å². The first kappa shape index (κ1) is 21.2.